The first-order chi connectivity index (χ1) is 14.1. The quantitative estimate of drug-likeness (QED) is 0.620. The maximum Gasteiger partial charge on any atom is 0.289 e. The summed E-state index contributed by atoms with van der Waals surface area (Å²) in [7, 11) is 0. The van der Waals surface area contributed by atoms with E-state index in [0.717, 1.165) is 29.0 Å². The Kier molecular flexibility index (Phi) is 5.76. The molecule has 7 heteroatoms. The molecule has 29 heavy (non-hydrogen) atoms. The zero-order valence-corrected chi connectivity index (χ0v) is 17.3. The van der Waals surface area contributed by atoms with Crippen LogP contribution in [0.5, 0.6) is 11.5 Å². The highest BCUT2D eigenvalue weighted by Gasteiger charge is 2.24. The molecule has 0 unspecified atom stereocenters. The number of carbonyl (C=O) groups is 1. The number of benzene rings is 2. The molecule has 1 fully saturated rings. The van der Waals surface area contributed by atoms with Crippen molar-refractivity contribution in [1.82, 2.24) is 4.90 Å². The van der Waals surface area contributed by atoms with E-state index in [9.17, 15) is 9.90 Å². The Hall–Kier alpha value is -2.93. The second-order valence-electron chi connectivity index (χ2n) is 6.80. The van der Waals surface area contributed by atoms with Gasteiger partial charge in [-0.1, -0.05) is 15.9 Å². The normalized spacial score (nSPS) is 14.1. The van der Waals surface area contributed by atoms with Crippen LogP contribution in [0.25, 0.3) is 0 Å². The summed E-state index contributed by atoms with van der Waals surface area (Å²) in [4.78, 5) is 16.7. The zero-order chi connectivity index (χ0) is 20.2. The van der Waals surface area contributed by atoms with Gasteiger partial charge in [0.1, 0.15) is 23.9 Å². The lowest BCUT2D eigenvalue weighted by Gasteiger charge is -2.35. The number of rotatable bonds is 5. The van der Waals surface area contributed by atoms with Crippen LogP contribution in [-0.2, 0) is 6.61 Å². The molecule has 1 amide bonds. The maximum atomic E-state index is 12.7. The van der Waals surface area contributed by atoms with E-state index in [2.05, 4.69) is 20.8 Å². The number of ether oxygens (including phenoxy) is 1. The number of phenolic OH excluding ortho intramolecular Hbond substituents is 1. The summed E-state index contributed by atoms with van der Waals surface area (Å²) in [5, 5.41) is 9.42. The van der Waals surface area contributed by atoms with E-state index in [1.807, 2.05) is 36.4 Å². The molecule has 4 rings (SSSR count). The van der Waals surface area contributed by atoms with Crippen LogP contribution in [0.15, 0.2) is 69.6 Å². The van der Waals surface area contributed by atoms with E-state index in [-0.39, 0.29) is 18.3 Å². The maximum absolute atomic E-state index is 12.7. The highest BCUT2D eigenvalue weighted by Crippen LogP contribution is 2.21. The molecule has 150 valence electrons. The van der Waals surface area contributed by atoms with Crippen molar-refractivity contribution in [1.29, 1.82) is 0 Å². The van der Waals surface area contributed by atoms with Crippen LogP contribution in [0, 0.1) is 0 Å². The molecule has 0 saturated carbocycles. The fraction of sp³-hybridized carbons (Fsp3) is 0.227. The molecule has 0 bridgehead atoms. The molecule has 0 radical (unpaired) electrons. The predicted octanol–water partition coefficient (Wildman–Crippen LogP) is 4.29. The highest BCUT2D eigenvalue weighted by atomic mass is 79.9. The third-order valence-electron chi connectivity index (χ3n) is 4.85. The minimum atomic E-state index is -0.106. The van der Waals surface area contributed by atoms with Crippen molar-refractivity contribution in [2.45, 2.75) is 6.61 Å². The third-order valence-corrected chi connectivity index (χ3v) is 5.38. The summed E-state index contributed by atoms with van der Waals surface area (Å²) in [6, 6.07) is 18.1. The fourth-order valence-corrected chi connectivity index (χ4v) is 3.51. The van der Waals surface area contributed by atoms with Gasteiger partial charge < -0.3 is 24.1 Å². The lowest BCUT2D eigenvalue weighted by molar-refractivity contribution is 0.0710. The highest BCUT2D eigenvalue weighted by molar-refractivity contribution is 9.10. The lowest BCUT2D eigenvalue weighted by atomic mass is 10.2. The van der Waals surface area contributed by atoms with Crippen LogP contribution < -0.4 is 9.64 Å². The fourth-order valence-electron chi connectivity index (χ4n) is 3.24. The first-order valence-corrected chi connectivity index (χ1v) is 10.2. The molecule has 0 aliphatic carbocycles. The van der Waals surface area contributed by atoms with Gasteiger partial charge in [-0.25, -0.2) is 0 Å². The standard InChI is InChI=1S/C22H21BrN2O4/c23-16-1-7-19(8-2-16)28-15-20-9-10-21(29-20)22(27)25-13-11-24(12-14-25)17-3-5-18(26)6-4-17/h1-10,26H,11-15H2. The Morgan fingerprint density at radius 1 is 0.966 bits per heavy atom. The Bertz CT molecular complexity index is 961. The Morgan fingerprint density at radius 2 is 1.66 bits per heavy atom. The van der Waals surface area contributed by atoms with Crippen molar-refractivity contribution in [2.24, 2.45) is 0 Å². The van der Waals surface area contributed by atoms with Gasteiger partial charge in [-0.15, -0.1) is 0 Å². The summed E-state index contributed by atoms with van der Waals surface area (Å²) in [6.07, 6.45) is 0. The van der Waals surface area contributed by atoms with Gasteiger partial charge in [0.05, 0.1) is 0 Å². The van der Waals surface area contributed by atoms with Crippen LogP contribution in [0.3, 0.4) is 0 Å². The first kappa shape index (κ1) is 19.4. The van der Waals surface area contributed by atoms with Crippen molar-refractivity contribution < 1.29 is 19.1 Å². The number of anilines is 1. The van der Waals surface area contributed by atoms with Crippen LogP contribution >= 0.6 is 15.9 Å². The number of carbonyl (C=O) groups excluding carboxylic acids is 1. The molecule has 6 nitrogen and oxygen atoms in total. The van der Waals surface area contributed by atoms with Crippen LogP contribution in [0.2, 0.25) is 0 Å². The average Bonchev–Trinajstić information content (AvgIpc) is 3.23. The van der Waals surface area contributed by atoms with Gasteiger partial charge in [0.25, 0.3) is 5.91 Å². The Balaban J connectivity index is 1.31. The van der Waals surface area contributed by atoms with E-state index in [4.69, 9.17) is 9.15 Å². The van der Waals surface area contributed by atoms with Gasteiger partial charge in [-0.3, -0.25) is 4.79 Å². The number of hydrogen-bond acceptors (Lipinski definition) is 5. The third kappa shape index (κ3) is 4.74. The van der Waals surface area contributed by atoms with Crippen LogP contribution in [-0.4, -0.2) is 42.1 Å². The lowest BCUT2D eigenvalue weighted by Crippen LogP contribution is -2.48. The molecule has 1 aromatic heterocycles. The number of furan rings is 1. The van der Waals surface area contributed by atoms with E-state index >= 15 is 0 Å². The Morgan fingerprint density at radius 3 is 2.34 bits per heavy atom. The summed E-state index contributed by atoms with van der Waals surface area (Å²) in [5.74, 6) is 1.82. The minimum absolute atomic E-state index is 0.106. The number of amides is 1. The molecular formula is C22H21BrN2O4. The smallest absolute Gasteiger partial charge is 0.289 e. The van der Waals surface area contributed by atoms with Crippen molar-refractivity contribution in [3.8, 4) is 11.5 Å². The number of phenols is 1. The van der Waals surface area contributed by atoms with Crippen molar-refractivity contribution >= 4 is 27.5 Å². The first-order valence-electron chi connectivity index (χ1n) is 9.39. The molecule has 2 heterocycles. The minimum Gasteiger partial charge on any atom is -0.508 e. The van der Waals surface area contributed by atoms with Gasteiger partial charge in [-0.2, -0.15) is 0 Å². The number of piperazine rings is 1. The van der Waals surface area contributed by atoms with Gasteiger partial charge >= 0.3 is 0 Å². The number of hydrogen-bond donors (Lipinski definition) is 1. The van der Waals surface area contributed by atoms with E-state index < -0.39 is 0 Å². The van der Waals surface area contributed by atoms with Crippen molar-refractivity contribution in [2.75, 3.05) is 31.1 Å². The molecule has 1 aliphatic heterocycles. The SMILES string of the molecule is O=C(c1ccc(COc2ccc(Br)cc2)o1)N1CCN(c2ccc(O)cc2)CC1. The average molecular weight is 457 g/mol. The molecule has 3 aromatic rings. The van der Waals surface area contributed by atoms with Gasteiger partial charge in [0.2, 0.25) is 0 Å². The second kappa shape index (κ2) is 8.61. The molecule has 1 saturated heterocycles. The zero-order valence-electron chi connectivity index (χ0n) is 15.8. The van der Waals surface area contributed by atoms with E-state index in [1.54, 1.807) is 29.2 Å². The summed E-state index contributed by atoms with van der Waals surface area (Å²) >= 11 is 3.39. The number of nitrogens with zero attached hydrogens (tertiary/aromatic N) is 2. The molecular weight excluding hydrogens is 436 g/mol. The second-order valence-corrected chi connectivity index (χ2v) is 7.72. The summed E-state index contributed by atoms with van der Waals surface area (Å²) in [5.41, 5.74) is 1.04. The van der Waals surface area contributed by atoms with E-state index in [0.29, 0.717) is 24.6 Å². The van der Waals surface area contributed by atoms with Gasteiger partial charge in [0, 0.05) is 36.3 Å². The van der Waals surface area contributed by atoms with E-state index in [1.165, 1.54) is 0 Å². The van der Waals surface area contributed by atoms with Gasteiger partial charge in [-0.05, 0) is 60.7 Å². The van der Waals surface area contributed by atoms with Crippen molar-refractivity contribution in [3.05, 3.63) is 76.7 Å². The molecule has 1 aliphatic rings. The van der Waals surface area contributed by atoms with Crippen LogP contribution in [0.4, 0.5) is 5.69 Å². The monoisotopic (exact) mass is 456 g/mol. The Labute approximate surface area is 177 Å². The number of halogens is 1. The van der Waals surface area contributed by atoms with Crippen LogP contribution in [0.1, 0.15) is 16.3 Å². The molecule has 0 atom stereocenters. The predicted molar refractivity (Wildman–Crippen MR) is 113 cm³/mol. The molecule has 0 spiro atoms. The topological polar surface area (TPSA) is 66.2 Å². The molecule has 2 aromatic carbocycles. The number of aromatic hydroxyl groups is 1. The van der Waals surface area contributed by atoms with Crippen molar-refractivity contribution in [3.63, 3.8) is 0 Å². The largest absolute Gasteiger partial charge is 0.508 e. The summed E-state index contributed by atoms with van der Waals surface area (Å²) < 4.78 is 12.4. The molecule has 1 N–H and O–H groups in total. The summed E-state index contributed by atoms with van der Waals surface area (Å²) in [6.45, 7) is 2.97. The van der Waals surface area contributed by atoms with Gasteiger partial charge in [0.15, 0.2) is 5.76 Å².